The smallest absolute Gasteiger partial charge is 0.354 e. The standard InChI is InChI=1S/C21H26N6O5/c1-4-18-23-21(25-32-18)30-11-16-19(24-26-27(16)3)15-8-9-17(12(2)22-15)31-14-7-5-6-13(10-14)20(28)29/h8-9,13-14H,4-7,10-11H2,1-3H3,(H,28,29)/t13-,14-/m0/s1. The zero-order valence-electron chi connectivity index (χ0n) is 18.3. The number of aliphatic carboxylic acids is 1. The third-order valence-corrected chi connectivity index (χ3v) is 5.58. The highest BCUT2D eigenvalue weighted by Crippen LogP contribution is 2.30. The summed E-state index contributed by atoms with van der Waals surface area (Å²) >= 11 is 0. The van der Waals surface area contributed by atoms with Gasteiger partial charge in [-0.1, -0.05) is 12.1 Å². The first kappa shape index (κ1) is 21.7. The molecule has 1 saturated carbocycles. The molecule has 3 heterocycles. The number of carboxylic acids is 1. The van der Waals surface area contributed by atoms with E-state index < -0.39 is 5.97 Å². The van der Waals surface area contributed by atoms with Gasteiger partial charge in [0.25, 0.3) is 0 Å². The molecule has 0 saturated heterocycles. The lowest BCUT2D eigenvalue weighted by Gasteiger charge is -2.27. The summed E-state index contributed by atoms with van der Waals surface area (Å²) in [6, 6.07) is 3.82. The van der Waals surface area contributed by atoms with Crippen LogP contribution in [0.1, 0.15) is 49.9 Å². The van der Waals surface area contributed by atoms with Crippen LogP contribution < -0.4 is 9.47 Å². The average molecular weight is 442 g/mol. The Labute approximate surface area is 184 Å². The van der Waals surface area contributed by atoms with Gasteiger partial charge in [0.15, 0.2) is 0 Å². The van der Waals surface area contributed by atoms with Gasteiger partial charge in [-0.05, 0) is 49.9 Å². The molecule has 0 spiro atoms. The van der Waals surface area contributed by atoms with Crippen molar-refractivity contribution in [2.75, 3.05) is 0 Å². The summed E-state index contributed by atoms with van der Waals surface area (Å²) in [5.74, 6) is 0.0398. The summed E-state index contributed by atoms with van der Waals surface area (Å²) in [7, 11) is 1.77. The van der Waals surface area contributed by atoms with E-state index >= 15 is 0 Å². The van der Waals surface area contributed by atoms with Crippen LogP contribution in [0.25, 0.3) is 11.4 Å². The number of aromatic nitrogens is 6. The molecule has 3 aromatic rings. The lowest BCUT2D eigenvalue weighted by Crippen LogP contribution is -2.29. The highest BCUT2D eigenvalue weighted by Gasteiger charge is 2.28. The second-order valence-corrected chi connectivity index (χ2v) is 7.84. The molecule has 1 fully saturated rings. The number of rotatable bonds is 8. The van der Waals surface area contributed by atoms with E-state index in [2.05, 4.69) is 25.4 Å². The number of carbonyl (C=O) groups is 1. The molecule has 2 atom stereocenters. The maximum absolute atomic E-state index is 11.3. The Morgan fingerprint density at radius 2 is 2.16 bits per heavy atom. The van der Waals surface area contributed by atoms with Gasteiger partial charge < -0.3 is 19.1 Å². The highest BCUT2D eigenvalue weighted by atomic mass is 16.6. The van der Waals surface area contributed by atoms with Crippen molar-refractivity contribution < 1.29 is 23.9 Å². The number of nitrogens with zero attached hydrogens (tertiary/aromatic N) is 6. The van der Waals surface area contributed by atoms with E-state index in [1.807, 2.05) is 26.0 Å². The van der Waals surface area contributed by atoms with E-state index in [1.54, 1.807) is 11.7 Å². The topological polar surface area (TPSA) is 138 Å². The summed E-state index contributed by atoms with van der Waals surface area (Å²) in [5, 5.41) is 21.4. The predicted molar refractivity (Wildman–Crippen MR) is 111 cm³/mol. The van der Waals surface area contributed by atoms with Gasteiger partial charge in [0.1, 0.15) is 23.7 Å². The quantitative estimate of drug-likeness (QED) is 0.554. The molecule has 1 aliphatic rings. The predicted octanol–water partition coefficient (Wildman–Crippen LogP) is 2.73. The molecule has 32 heavy (non-hydrogen) atoms. The van der Waals surface area contributed by atoms with Crippen molar-refractivity contribution in [3.8, 4) is 23.1 Å². The molecule has 3 aromatic heterocycles. The number of hydrogen-bond donors (Lipinski definition) is 1. The van der Waals surface area contributed by atoms with Crippen molar-refractivity contribution in [3.05, 3.63) is 29.4 Å². The fourth-order valence-electron chi connectivity index (χ4n) is 3.77. The zero-order valence-corrected chi connectivity index (χ0v) is 18.3. The summed E-state index contributed by atoms with van der Waals surface area (Å²) in [6.45, 7) is 3.92. The summed E-state index contributed by atoms with van der Waals surface area (Å²) in [6.07, 6.45) is 3.40. The van der Waals surface area contributed by atoms with Crippen LogP contribution in [0.4, 0.5) is 0 Å². The van der Waals surface area contributed by atoms with Crippen LogP contribution in [-0.4, -0.2) is 47.3 Å². The fourth-order valence-corrected chi connectivity index (χ4v) is 3.77. The Morgan fingerprint density at radius 1 is 1.31 bits per heavy atom. The molecule has 11 heteroatoms. The van der Waals surface area contributed by atoms with Crippen LogP contribution in [-0.2, 0) is 24.9 Å². The molecule has 170 valence electrons. The molecule has 0 unspecified atom stereocenters. The molecule has 11 nitrogen and oxygen atoms in total. The monoisotopic (exact) mass is 442 g/mol. The number of aryl methyl sites for hydroxylation is 3. The van der Waals surface area contributed by atoms with Crippen LogP contribution in [0.15, 0.2) is 16.7 Å². The van der Waals surface area contributed by atoms with Gasteiger partial charge in [0, 0.05) is 13.5 Å². The van der Waals surface area contributed by atoms with Gasteiger partial charge in [-0.25, -0.2) is 9.67 Å². The van der Waals surface area contributed by atoms with E-state index in [4.69, 9.17) is 14.0 Å². The molecule has 1 aliphatic carbocycles. The van der Waals surface area contributed by atoms with Gasteiger partial charge in [0.2, 0.25) is 5.89 Å². The second-order valence-electron chi connectivity index (χ2n) is 7.84. The largest absolute Gasteiger partial charge is 0.489 e. The molecular formula is C21H26N6O5. The molecule has 0 aromatic carbocycles. The Kier molecular flexibility index (Phi) is 6.33. The van der Waals surface area contributed by atoms with Crippen LogP contribution in [0.3, 0.4) is 0 Å². The van der Waals surface area contributed by atoms with E-state index in [-0.39, 0.29) is 24.6 Å². The molecule has 0 amide bonds. The normalized spacial score (nSPS) is 18.5. The van der Waals surface area contributed by atoms with Crippen LogP contribution in [0.2, 0.25) is 0 Å². The van der Waals surface area contributed by atoms with E-state index in [0.717, 1.165) is 12.8 Å². The van der Waals surface area contributed by atoms with Crippen molar-refractivity contribution in [1.29, 1.82) is 0 Å². The van der Waals surface area contributed by atoms with Gasteiger partial charge in [-0.2, -0.15) is 4.98 Å². The van der Waals surface area contributed by atoms with Gasteiger partial charge in [-0.3, -0.25) is 4.79 Å². The van der Waals surface area contributed by atoms with Crippen LogP contribution in [0, 0.1) is 12.8 Å². The minimum absolute atomic E-state index is 0.125. The Balaban J connectivity index is 1.47. The van der Waals surface area contributed by atoms with E-state index in [9.17, 15) is 9.90 Å². The first-order valence-corrected chi connectivity index (χ1v) is 10.7. The average Bonchev–Trinajstić information content (AvgIpc) is 3.40. The van der Waals surface area contributed by atoms with Crippen molar-refractivity contribution in [2.45, 2.75) is 58.7 Å². The minimum atomic E-state index is -0.757. The first-order chi connectivity index (χ1) is 15.4. The summed E-state index contributed by atoms with van der Waals surface area (Å²) < 4.78 is 18.4. The van der Waals surface area contributed by atoms with Crippen LogP contribution >= 0.6 is 0 Å². The maximum Gasteiger partial charge on any atom is 0.354 e. The third kappa shape index (κ3) is 4.71. The maximum atomic E-state index is 11.3. The molecular weight excluding hydrogens is 416 g/mol. The molecule has 0 aliphatic heterocycles. The SMILES string of the molecule is CCc1nc(OCc2c(-c3ccc(O[C@H]4CCC[C@H](C(=O)O)C4)c(C)n3)nnn2C)no1. The Hall–Kier alpha value is -3.50. The van der Waals surface area contributed by atoms with Gasteiger partial charge in [0.05, 0.1) is 23.4 Å². The molecule has 4 rings (SSSR count). The molecule has 0 radical (unpaired) electrons. The zero-order chi connectivity index (χ0) is 22.7. The van der Waals surface area contributed by atoms with Crippen molar-refractivity contribution in [3.63, 3.8) is 0 Å². The highest BCUT2D eigenvalue weighted by molar-refractivity contribution is 5.70. The summed E-state index contributed by atoms with van der Waals surface area (Å²) in [4.78, 5) is 20.1. The van der Waals surface area contributed by atoms with E-state index in [1.165, 1.54) is 0 Å². The summed E-state index contributed by atoms with van der Waals surface area (Å²) in [5.41, 5.74) is 2.63. The minimum Gasteiger partial charge on any atom is -0.489 e. The second kappa shape index (κ2) is 9.33. The van der Waals surface area contributed by atoms with Gasteiger partial charge >= 0.3 is 12.0 Å². The third-order valence-electron chi connectivity index (χ3n) is 5.58. The Morgan fingerprint density at radius 3 is 2.88 bits per heavy atom. The van der Waals surface area contributed by atoms with Crippen molar-refractivity contribution in [2.24, 2.45) is 13.0 Å². The first-order valence-electron chi connectivity index (χ1n) is 10.7. The lowest BCUT2D eigenvalue weighted by molar-refractivity contribution is -0.143. The number of pyridine rings is 1. The van der Waals surface area contributed by atoms with Gasteiger partial charge in [-0.15, -0.1) is 5.10 Å². The Bertz CT molecular complexity index is 1090. The van der Waals surface area contributed by atoms with Crippen molar-refractivity contribution in [1.82, 2.24) is 30.1 Å². The van der Waals surface area contributed by atoms with E-state index in [0.29, 0.717) is 53.7 Å². The van der Waals surface area contributed by atoms with Crippen molar-refractivity contribution >= 4 is 5.97 Å². The molecule has 0 bridgehead atoms. The fraction of sp³-hybridized carbons (Fsp3) is 0.524. The number of hydrogen-bond acceptors (Lipinski definition) is 9. The number of ether oxygens (including phenoxy) is 2. The van der Waals surface area contributed by atoms with Crippen LogP contribution in [0.5, 0.6) is 11.8 Å². The lowest BCUT2D eigenvalue weighted by atomic mass is 9.87. The molecule has 1 N–H and O–H groups in total. The number of carboxylic acid groups (broad SMARTS) is 1.